The standard InChI is InChI=1S/C16H30/c1-6-7-8-9-13-10-14(11-13)16(5)12(2)15(16,3)4/h12-14H,6-11H2,1-5H3. The van der Waals surface area contributed by atoms with Gasteiger partial charge in [0.1, 0.15) is 0 Å². The van der Waals surface area contributed by atoms with E-state index in [0.29, 0.717) is 10.8 Å². The van der Waals surface area contributed by atoms with Crippen molar-refractivity contribution in [3.05, 3.63) is 0 Å². The SMILES string of the molecule is CCCCCC1CC(C2(C)C(C)C2(C)C)C1. The first-order chi connectivity index (χ1) is 7.44. The molecule has 0 saturated heterocycles. The van der Waals surface area contributed by atoms with Crippen molar-refractivity contribution in [1.29, 1.82) is 0 Å². The smallest absolute Gasteiger partial charge is 0.0212 e. The molecule has 2 fully saturated rings. The van der Waals surface area contributed by atoms with Crippen molar-refractivity contribution in [1.82, 2.24) is 0 Å². The molecule has 0 spiro atoms. The maximum atomic E-state index is 2.55. The maximum Gasteiger partial charge on any atom is -0.0212 e. The molecule has 0 nitrogen and oxygen atoms in total. The van der Waals surface area contributed by atoms with Crippen molar-refractivity contribution < 1.29 is 0 Å². The molecule has 0 aliphatic heterocycles. The second-order valence-electron chi connectivity index (χ2n) is 7.26. The van der Waals surface area contributed by atoms with E-state index in [1.165, 1.54) is 38.5 Å². The number of hydrogen-bond acceptors (Lipinski definition) is 0. The second-order valence-corrected chi connectivity index (χ2v) is 7.26. The molecule has 2 unspecified atom stereocenters. The van der Waals surface area contributed by atoms with E-state index in [1.54, 1.807) is 0 Å². The molecule has 16 heavy (non-hydrogen) atoms. The summed E-state index contributed by atoms with van der Waals surface area (Å²) in [6, 6.07) is 0. The van der Waals surface area contributed by atoms with Crippen molar-refractivity contribution in [3.63, 3.8) is 0 Å². The van der Waals surface area contributed by atoms with Crippen molar-refractivity contribution in [2.24, 2.45) is 28.6 Å². The predicted octanol–water partition coefficient (Wildman–Crippen LogP) is 5.28. The normalized spacial score (nSPS) is 45.2. The first-order valence-electron chi connectivity index (χ1n) is 7.44. The molecule has 0 heterocycles. The van der Waals surface area contributed by atoms with Crippen LogP contribution in [0, 0.1) is 28.6 Å². The molecule has 2 rings (SSSR count). The lowest BCUT2D eigenvalue weighted by Crippen LogP contribution is -2.32. The minimum Gasteiger partial charge on any atom is -0.0654 e. The highest BCUT2D eigenvalue weighted by Crippen LogP contribution is 2.75. The van der Waals surface area contributed by atoms with Gasteiger partial charge in [0, 0.05) is 0 Å². The van der Waals surface area contributed by atoms with Gasteiger partial charge in [-0.3, -0.25) is 0 Å². The van der Waals surface area contributed by atoms with Gasteiger partial charge < -0.3 is 0 Å². The van der Waals surface area contributed by atoms with Gasteiger partial charge in [-0.15, -0.1) is 0 Å². The van der Waals surface area contributed by atoms with Crippen LogP contribution in [0.1, 0.15) is 73.1 Å². The summed E-state index contributed by atoms with van der Waals surface area (Å²) in [4.78, 5) is 0. The highest BCUT2D eigenvalue weighted by atomic mass is 14.7. The second kappa shape index (κ2) is 4.03. The molecule has 0 bridgehead atoms. The van der Waals surface area contributed by atoms with Gasteiger partial charge in [-0.25, -0.2) is 0 Å². The molecule has 94 valence electrons. The zero-order valence-electron chi connectivity index (χ0n) is 12.0. The highest BCUT2D eigenvalue weighted by molar-refractivity contribution is 5.17. The molecule has 2 aliphatic carbocycles. The topological polar surface area (TPSA) is 0 Å². The van der Waals surface area contributed by atoms with E-state index in [2.05, 4.69) is 34.6 Å². The fourth-order valence-electron chi connectivity index (χ4n) is 4.34. The molecule has 0 aromatic heterocycles. The lowest BCUT2D eigenvalue weighted by atomic mass is 9.63. The van der Waals surface area contributed by atoms with Crippen LogP contribution in [0.3, 0.4) is 0 Å². The van der Waals surface area contributed by atoms with Crippen LogP contribution in [0.2, 0.25) is 0 Å². The van der Waals surface area contributed by atoms with Gasteiger partial charge >= 0.3 is 0 Å². The van der Waals surface area contributed by atoms with Crippen molar-refractivity contribution in [2.45, 2.75) is 73.1 Å². The Kier molecular flexibility index (Phi) is 3.14. The van der Waals surface area contributed by atoms with Crippen molar-refractivity contribution in [2.75, 3.05) is 0 Å². The summed E-state index contributed by atoms with van der Waals surface area (Å²) < 4.78 is 0. The minimum absolute atomic E-state index is 0.617. The van der Waals surface area contributed by atoms with Crippen LogP contribution in [-0.4, -0.2) is 0 Å². The molecule has 2 aliphatic rings. The lowest BCUT2D eigenvalue weighted by Gasteiger charge is -2.42. The predicted molar refractivity (Wildman–Crippen MR) is 71.4 cm³/mol. The van der Waals surface area contributed by atoms with Gasteiger partial charge in [0.15, 0.2) is 0 Å². The first-order valence-corrected chi connectivity index (χ1v) is 7.44. The van der Waals surface area contributed by atoms with Gasteiger partial charge in [0.2, 0.25) is 0 Å². The third-order valence-electron chi connectivity index (χ3n) is 6.59. The van der Waals surface area contributed by atoms with Crippen LogP contribution in [0.5, 0.6) is 0 Å². The summed E-state index contributed by atoms with van der Waals surface area (Å²) in [5.41, 5.74) is 1.29. The van der Waals surface area contributed by atoms with Crippen LogP contribution in [0.25, 0.3) is 0 Å². The molecule has 0 aromatic rings. The Morgan fingerprint density at radius 2 is 1.62 bits per heavy atom. The highest BCUT2D eigenvalue weighted by Gasteiger charge is 2.69. The molecular formula is C16H30. The largest absolute Gasteiger partial charge is 0.0654 e. The Bertz CT molecular complexity index is 247. The average Bonchev–Trinajstić information content (AvgIpc) is 2.55. The molecule has 0 radical (unpaired) electrons. The van der Waals surface area contributed by atoms with Gasteiger partial charge in [0.25, 0.3) is 0 Å². The summed E-state index contributed by atoms with van der Waals surface area (Å²) in [5, 5.41) is 0. The van der Waals surface area contributed by atoms with Crippen LogP contribution in [0.4, 0.5) is 0 Å². The Morgan fingerprint density at radius 3 is 2.06 bits per heavy atom. The van der Waals surface area contributed by atoms with E-state index in [-0.39, 0.29) is 0 Å². The third kappa shape index (κ3) is 1.64. The van der Waals surface area contributed by atoms with E-state index < -0.39 is 0 Å². The fraction of sp³-hybridized carbons (Fsp3) is 1.00. The third-order valence-corrected chi connectivity index (χ3v) is 6.59. The molecule has 2 atom stereocenters. The summed E-state index contributed by atoms with van der Waals surface area (Å²) >= 11 is 0. The maximum absolute atomic E-state index is 2.55. The van der Waals surface area contributed by atoms with E-state index in [9.17, 15) is 0 Å². The summed E-state index contributed by atoms with van der Waals surface area (Å²) in [6.07, 6.45) is 8.87. The lowest BCUT2D eigenvalue weighted by molar-refractivity contribution is 0.0834. The minimum atomic E-state index is 0.617. The Morgan fingerprint density at radius 1 is 1.06 bits per heavy atom. The van der Waals surface area contributed by atoms with Crippen LogP contribution in [0.15, 0.2) is 0 Å². The average molecular weight is 222 g/mol. The first kappa shape index (κ1) is 12.5. The number of hydrogen-bond donors (Lipinski definition) is 0. The van der Waals surface area contributed by atoms with E-state index in [4.69, 9.17) is 0 Å². The molecule has 0 N–H and O–H groups in total. The van der Waals surface area contributed by atoms with Crippen LogP contribution in [-0.2, 0) is 0 Å². The quantitative estimate of drug-likeness (QED) is 0.555. The Balaban J connectivity index is 1.73. The monoisotopic (exact) mass is 222 g/mol. The molecule has 0 amide bonds. The van der Waals surface area contributed by atoms with E-state index >= 15 is 0 Å². The zero-order chi connectivity index (χ0) is 12.0. The fourth-order valence-corrected chi connectivity index (χ4v) is 4.34. The van der Waals surface area contributed by atoms with Gasteiger partial charge in [0.05, 0.1) is 0 Å². The number of rotatable bonds is 5. The molecule has 0 heteroatoms. The van der Waals surface area contributed by atoms with Gasteiger partial charge in [-0.1, -0.05) is 60.3 Å². The van der Waals surface area contributed by atoms with Gasteiger partial charge in [-0.2, -0.15) is 0 Å². The molecular weight excluding hydrogens is 192 g/mol. The van der Waals surface area contributed by atoms with Crippen LogP contribution < -0.4 is 0 Å². The van der Waals surface area contributed by atoms with Crippen LogP contribution >= 0.6 is 0 Å². The number of unbranched alkanes of at least 4 members (excludes halogenated alkanes) is 2. The summed E-state index contributed by atoms with van der Waals surface area (Å²) in [5.74, 6) is 3.07. The summed E-state index contributed by atoms with van der Waals surface area (Å²) in [6.45, 7) is 12.3. The molecule has 0 aromatic carbocycles. The van der Waals surface area contributed by atoms with Gasteiger partial charge in [-0.05, 0) is 41.4 Å². The van der Waals surface area contributed by atoms with Crippen molar-refractivity contribution >= 4 is 0 Å². The van der Waals surface area contributed by atoms with E-state index in [0.717, 1.165) is 17.8 Å². The summed E-state index contributed by atoms with van der Waals surface area (Å²) in [7, 11) is 0. The zero-order valence-corrected chi connectivity index (χ0v) is 12.0. The molecule has 2 saturated carbocycles. The van der Waals surface area contributed by atoms with Crippen molar-refractivity contribution in [3.8, 4) is 0 Å². The van der Waals surface area contributed by atoms with E-state index in [1.807, 2.05) is 0 Å². The Hall–Kier alpha value is 0. The Labute approximate surface area is 102 Å².